The first-order valence-corrected chi connectivity index (χ1v) is 5.82. The van der Waals surface area contributed by atoms with Crippen LogP contribution in [0.4, 0.5) is 0 Å². The number of benzene rings is 1. The molecule has 0 aromatic heterocycles. The van der Waals surface area contributed by atoms with Crippen LogP contribution in [0.5, 0.6) is 0 Å². The van der Waals surface area contributed by atoms with Gasteiger partial charge in [0.1, 0.15) is 0 Å². The second-order valence-corrected chi connectivity index (χ2v) is 5.62. The highest BCUT2D eigenvalue weighted by atomic mass is 14.6. The molecule has 0 saturated carbocycles. The van der Waals surface area contributed by atoms with Gasteiger partial charge in [0, 0.05) is 0 Å². The van der Waals surface area contributed by atoms with Gasteiger partial charge in [-0.1, -0.05) is 32.0 Å². The van der Waals surface area contributed by atoms with Crippen LogP contribution in [-0.4, -0.2) is 6.54 Å². The minimum absolute atomic E-state index is 0.406. The minimum atomic E-state index is 0.406. The first kappa shape index (κ1) is 10.7. The van der Waals surface area contributed by atoms with Gasteiger partial charge in [0.15, 0.2) is 0 Å². The highest BCUT2D eigenvalue weighted by Crippen LogP contribution is 2.42. The van der Waals surface area contributed by atoms with Gasteiger partial charge in [-0.15, -0.1) is 0 Å². The molecular weight excluding hydrogens is 182 g/mol. The number of aryl methyl sites for hydroxylation is 1. The lowest BCUT2D eigenvalue weighted by Crippen LogP contribution is -2.29. The van der Waals surface area contributed by atoms with E-state index in [4.69, 9.17) is 5.73 Å². The second kappa shape index (κ2) is 3.64. The molecule has 2 N–H and O–H groups in total. The Morgan fingerprint density at radius 1 is 1.40 bits per heavy atom. The van der Waals surface area contributed by atoms with Gasteiger partial charge in [-0.25, -0.2) is 0 Å². The first-order chi connectivity index (χ1) is 7.03. The Balaban J connectivity index is 2.49. The van der Waals surface area contributed by atoms with Crippen molar-refractivity contribution in [3.8, 4) is 0 Å². The van der Waals surface area contributed by atoms with E-state index < -0.39 is 0 Å². The number of rotatable bonds is 1. The Hall–Kier alpha value is -0.820. The molecule has 0 spiro atoms. The predicted molar refractivity (Wildman–Crippen MR) is 65.1 cm³/mol. The van der Waals surface area contributed by atoms with Crippen LogP contribution in [0.25, 0.3) is 0 Å². The zero-order valence-electron chi connectivity index (χ0n) is 10.0. The first-order valence-electron chi connectivity index (χ1n) is 5.82. The minimum Gasteiger partial charge on any atom is -0.330 e. The third kappa shape index (κ3) is 1.93. The van der Waals surface area contributed by atoms with E-state index in [1.54, 1.807) is 5.56 Å². The van der Waals surface area contributed by atoms with Crippen molar-refractivity contribution in [2.24, 2.45) is 11.1 Å². The van der Waals surface area contributed by atoms with Crippen molar-refractivity contribution in [2.45, 2.75) is 39.5 Å². The summed E-state index contributed by atoms with van der Waals surface area (Å²) in [6, 6.07) is 6.64. The lowest BCUT2D eigenvalue weighted by atomic mass is 9.68. The van der Waals surface area contributed by atoms with E-state index in [0.29, 0.717) is 11.3 Å². The number of fused-ring (bicyclic) bond motifs is 1. The maximum atomic E-state index is 5.89. The molecule has 1 heteroatoms. The molecule has 1 aromatic carbocycles. The summed E-state index contributed by atoms with van der Waals surface area (Å²) in [7, 11) is 0. The monoisotopic (exact) mass is 203 g/mol. The molecule has 1 atom stereocenters. The van der Waals surface area contributed by atoms with Crippen molar-refractivity contribution in [3.63, 3.8) is 0 Å². The summed E-state index contributed by atoms with van der Waals surface area (Å²) in [5.41, 5.74) is 10.8. The Morgan fingerprint density at radius 3 is 2.80 bits per heavy atom. The lowest BCUT2D eigenvalue weighted by Gasteiger charge is -2.37. The largest absolute Gasteiger partial charge is 0.330 e. The van der Waals surface area contributed by atoms with Crippen molar-refractivity contribution < 1.29 is 0 Å². The van der Waals surface area contributed by atoms with Crippen LogP contribution in [0.3, 0.4) is 0 Å². The standard InChI is InChI=1S/C14H21N/c1-10-5-4-6-12-11(9-15)7-14(2,3)8-13(10)12/h4-6,11H,7-9,15H2,1-3H3. The van der Waals surface area contributed by atoms with E-state index in [1.807, 2.05) is 0 Å². The number of hydrogen-bond donors (Lipinski definition) is 1. The molecule has 1 unspecified atom stereocenters. The van der Waals surface area contributed by atoms with Gasteiger partial charge >= 0.3 is 0 Å². The molecule has 1 aliphatic rings. The van der Waals surface area contributed by atoms with Gasteiger partial charge in [0.05, 0.1) is 0 Å². The van der Waals surface area contributed by atoms with E-state index in [0.717, 1.165) is 6.54 Å². The van der Waals surface area contributed by atoms with Gasteiger partial charge in [-0.3, -0.25) is 0 Å². The van der Waals surface area contributed by atoms with E-state index in [-0.39, 0.29) is 0 Å². The molecule has 1 aromatic rings. The average Bonchev–Trinajstić information content (AvgIpc) is 2.17. The van der Waals surface area contributed by atoms with E-state index >= 15 is 0 Å². The molecule has 0 saturated heterocycles. The molecule has 0 amide bonds. The smallest absolute Gasteiger partial charge is 0.000793 e. The fraction of sp³-hybridized carbons (Fsp3) is 0.571. The molecular formula is C14H21N. The fourth-order valence-electron chi connectivity index (χ4n) is 2.89. The zero-order valence-corrected chi connectivity index (χ0v) is 10.0. The van der Waals surface area contributed by atoms with Crippen LogP contribution in [0.2, 0.25) is 0 Å². The molecule has 1 aliphatic carbocycles. The Bertz CT molecular complexity index is 366. The summed E-state index contributed by atoms with van der Waals surface area (Å²) in [5.74, 6) is 0.559. The van der Waals surface area contributed by atoms with Crippen molar-refractivity contribution in [3.05, 3.63) is 34.9 Å². The Labute approximate surface area is 92.7 Å². The van der Waals surface area contributed by atoms with Gasteiger partial charge in [-0.2, -0.15) is 0 Å². The normalized spacial score (nSPS) is 23.6. The predicted octanol–water partition coefficient (Wildman–Crippen LogP) is 3.01. The summed E-state index contributed by atoms with van der Waals surface area (Å²) < 4.78 is 0. The van der Waals surface area contributed by atoms with Crippen molar-refractivity contribution in [1.82, 2.24) is 0 Å². The van der Waals surface area contributed by atoms with Crippen LogP contribution in [0.15, 0.2) is 18.2 Å². The highest BCUT2D eigenvalue weighted by Gasteiger charge is 2.31. The van der Waals surface area contributed by atoms with Crippen molar-refractivity contribution in [1.29, 1.82) is 0 Å². The zero-order chi connectivity index (χ0) is 11.1. The molecule has 0 heterocycles. The molecule has 0 bridgehead atoms. The Kier molecular flexibility index (Phi) is 2.59. The quantitative estimate of drug-likeness (QED) is 0.746. The third-order valence-corrected chi connectivity index (χ3v) is 3.63. The van der Waals surface area contributed by atoms with E-state index in [9.17, 15) is 0 Å². The lowest BCUT2D eigenvalue weighted by molar-refractivity contribution is 0.282. The molecule has 0 fully saturated rings. The third-order valence-electron chi connectivity index (χ3n) is 3.63. The SMILES string of the molecule is Cc1cccc2c1CC(C)(C)CC2CN. The highest BCUT2D eigenvalue weighted by molar-refractivity contribution is 5.40. The van der Waals surface area contributed by atoms with Crippen LogP contribution in [0, 0.1) is 12.3 Å². The van der Waals surface area contributed by atoms with Gasteiger partial charge < -0.3 is 5.73 Å². The number of nitrogens with two attached hydrogens (primary N) is 1. The Morgan fingerprint density at radius 2 is 2.13 bits per heavy atom. The molecule has 2 rings (SSSR count). The molecule has 15 heavy (non-hydrogen) atoms. The van der Waals surface area contributed by atoms with Crippen molar-refractivity contribution in [2.75, 3.05) is 6.54 Å². The molecule has 1 nitrogen and oxygen atoms in total. The topological polar surface area (TPSA) is 26.0 Å². The summed E-state index contributed by atoms with van der Waals surface area (Å²) in [5, 5.41) is 0. The number of hydrogen-bond acceptors (Lipinski definition) is 1. The van der Waals surface area contributed by atoms with Crippen LogP contribution >= 0.6 is 0 Å². The second-order valence-electron chi connectivity index (χ2n) is 5.62. The summed E-state index contributed by atoms with van der Waals surface area (Å²) >= 11 is 0. The van der Waals surface area contributed by atoms with Crippen LogP contribution in [0.1, 0.15) is 42.9 Å². The summed E-state index contributed by atoms with van der Waals surface area (Å²) in [6.07, 6.45) is 2.42. The van der Waals surface area contributed by atoms with Crippen LogP contribution in [-0.2, 0) is 6.42 Å². The van der Waals surface area contributed by atoms with Gasteiger partial charge in [-0.05, 0) is 54.3 Å². The molecule has 0 radical (unpaired) electrons. The summed E-state index contributed by atoms with van der Waals surface area (Å²) in [4.78, 5) is 0. The average molecular weight is 203 g/mol. The molecule has 82 valence electrons. The van der Waals surface area contributed by atoms with Crippen LogP contribution < -0.4 is 5.73 Å². The maximum Gasteiger partial charge on any atom is -0.000793 e. The van der Waals surface area contributed by atoms with E-state index in [2.05, 4.69) is 39.0 Å². The van der Waals surface area contributed by atoms with Gasteiger partial charge in [0.25, 0.3) is 0 Å². The van der Waals surface area contributed by atoms with E-state index in [1.165, 1.54) is 24.0 Å². The maximum absolute atomic E-state index is 5.89. The summed E-state index contributed by atoms with van der Waals surface area (Å²) in [6.45, 7) is 7.70. The van der Waals surface area contributed by atoms with Crippen molar-refractivity contribution >= 4 is 0 Å². The molecule has 0 aliphatic heterocycles. The fourth-order valence-corrected chi connectivity index (χ4v) is 2.89. The van der Waals surface area contributed by atoms with Gasteiger partial charge in [0.2, 0.25) is 0 Å².